The summed E-state index contributed by atoms with van der Waals surface area (Å²) in [5, 5.41) is 1.23. The second kappa shape index (κ2) is 8.16. The maximum Gasteiger partial charge on any atom is 0.410 e. The molecule has 0 N–H and O–H groups in total. The van der Waals surface area contributed by atoms with Crippen LogP contribution in [0.5, 0.6) is 0 Å². The van der Waals surface area contributed by atoms with Gasteiger partial charge in [-0.2, -0.15) is 0 Å². The molecular weight excluding hydrogens is 449 g/mol. The number of hydrogen-bond acceptors (Lipinski definition) is 4. The van der Waals surface area contributed by atoms with Crippen molar-refractivity contribution in [1.29, 1.82) is 0 Å². The molecule has 1 aliphatic heterocycles. The molecule has 3 heterocycles. The van der Waals surface area contributed by atoms with Crippen molar-refractivity contribution in [1.82, 2.24) is 13.9 Å². The van der Waals surface area contributed by atoms with Gasteiger partial charge in [-0.25, -0.2) is 9.78 Å². The fourth-order valence-electron chi connectivity index (χ4n) is 2.95. The highest BCUT2D eigenvalue weighted by atomic mass is 127. The quantitative estimate of drug-likeness (QED) is 0.511. The van der Waals surface area contributed by atoms with E-state index in [1.165, 1.54) is 16.5 Å². The number of fused-ring (bicyclic) bond motifs is 3. The standard InChI is InChI=1S/C16H20IN3O2S.C2H6/c1-10-8-20(23-17)14-13(10)12-5-6-19(9-11(12)7-18-14)15(21)22-16(2,3)4;1-2/h7-8H,5-6,9H2,1-4H3;1-2H3. The van der Waals surface area contributed by atoms with Crippen LogP contribution in [0.15, 0.2) is 12.4 Å². The average Bonchev–Trinajstić information content (AvgIpc) is 2.91. The number of aromatic nitrogens is 2. The monoisotopic (exact) mass is 475 g/mol. The van der Waals surface area contributed by atoms with Crippen LogP contribution < -0.4 is 0 Å². The molecule has 0 unspecified atom stereocenters. The molecule has 0 saturated heterocycles. The van der Waals surface area contributed by atoms with Gasteiger partial charge in [-0.05, 0) is 50.8 Å². The Bertz CT molecular complexity index is 768. The van der Waals surface area contributed by atoms with E-state index in [2.05, 4.69) is 43.3 Å². The summed E-state index contributed by atoms with van der Waals surface area (Å²) in [6.07, 6.45) is 4.61. The summed E-state index contributed by atoms with van der Waals surface area (Å²) in [6.45, 7) is 13.0. The summed E-state index contributed by atoms with van der Waals surface area (Å²) in [5.74, 6) is 0. The number of aryl methyl sites for hydroxylation is 1. The molecule has 0 bridgehead atoms. The van der Waals surface area contributed by atoms with Gasteiger partial charge in [-0.15, -0.1) is 0 Å². The van der Waals surface area contributed by atoms with Gasteiger partial charge >= 0.3 is 6.09 Å². The van der Waals surface area contributed by atoms with Crippen molar-refractivity contribution < 1.29 is 9.53 Å². The first kappa shape index (κ1) is 20.4. The minimum absolute atomic E-state index is 0.250. The zero-order valence-corrected chi connectivity index (χ0v) is 18.7. The molecule has 25 heavy (non-hydrogen) atoms. The largest absolute Gasteiger partial charge is 0.444 e. The number of rotatable bonds is 1. The van der Waals surface area contributed by atoms with Crippen LogP contribution in [0, 0.1) is 6.92 Å². The molecule has 3 rings (SSSR count). The van der Waals surface area contributed by atoms with Gasteiger partial charge in [-0.3, -0.25) is 3.97 Å². The number of halogens is 1. The van der Waals surface area contributed by atoms with Crippen molar-refractivity contribution in [2.75, 3.05) is 6.54 Å². The molecule has 0 aromatic carbocycles. The lowest BCUT2D eigenvalue weighted by molar-refractivity contribution is 0.0224. The lowest BCUT2D eigenvalue weighted by Crippen LogP contribution is -2.40. The Hall–Kier alpha value is -0.960. The van der Waals surface area contributed by atoms with Gasteiger partial charge in [0, 0.05) is 54.6 Å². The Morgan fingerprint density at radius 3 is 2.64 bits per heavy atom. The third-order valence-corrected chi connectivity index (χ3v) is 5.59. The van der Waals surface area contributed by atoms with E-state index >= 15 is 0 Å². The minimum Gasteiger partial charge on any atom is -0.444 e. The summed E-state index contributed by atoms with van der Waals surface area (Å²) in [5.41, 5.74) is 4.21. The molecule has 0 aliphatic carbocycles. The van der Waals surface area contributed by atoms with E-state index in [1.54, 1.807) is 14.0 Å². The van der Waals surface area contributed by atoms with Crippen LogP contribution >= 0.6 is 30.3 Å². The summed E-state index contributed by atoms with van der Waals surface area (Å²) < 4.78 is 7.57. The zero-order chi connectivity index (χ0) is 18.8. The molecule has 0 saturated carbocycles. The van der Waals surface area contributed by atoms with Gasteiger partial charge in [0.25, 0.3) is 0 Å². The molecule has 138 valence electrons. The summed E-state index contributed by atoms with van der Waals surface area (Å²) >= 11 is 2.26. The SMILES string of the molecule is CC.Cc1cn(SI)c2ncc3c(c12)CCN(C(=O)OC(C)(C)C)C3. The maximum atomic E-state index is 12.3. The zero-order valence-electron chi connectivity index (χ0n) is 15.7. The predicted molar refractivity (Wildman–Crippen MR) is 113 cm³/mol. The molecule has 7 heteroatoms. The molecule has 1 amide bonds. The smallest absolute Gasteiger partial charge is 0.410 e. The molecule has 2 aromatic rings. The van der Waals surface area contributed by atoms with Crippen LogP contribution in [-0.2, 0) is 17.7 Å². The van der Waals surface area contributed by atoms with E-state index < -0.39 is 5.60 Å². The van der Waals surface area contributed by atoms with Crippen molar-refractivity contribution in [2.24, 2.45) is 0 Å². The van der Waals surface area contributed by atoms with Gasteiger partial charge in [0.05, 0.1) is 6.54 Å². The number of hydrogen-bond donors (Lipinski definition) is 0. The van der Waals surface area contributed by atoms with Crippen molar-refractivity contribution in [3.05, 3.63) is 29.1 Å². The van der Waals surface area contributed by atoms with Gasteiger partial charge < -0.3 is 9.64 Å². The third kappa shape index (κ3) is 4.42. The summed E-state index contributed by atoms with van der Waals surface area (Å²) in [4.78, 5) is 18.7. The van der Waals surface area contributed by atoms with Gasteiger partial charge in [0.2, 0.25) is 0 Å². The molecule has 1 aliphatic rings. The molecule has 2 aromatic heterocycles. The van der Waals surface area contributed by atoms with Crippen molar-refractivity contribution in [2.45, 2.75) is 60.1 Å². The van der Waals surface area contributed by atoms with E-state index in [9.17, 15) is 4.79 Å². The highest BCUT2D eigenvalue weighted by Gasteiger charge is 2.27. The fraction of sp³-hybridized carbons (Fsp3) is 0.556. The van der Waals surface area contributed by atoms with E-state index in [-0.39, 0.29) is 6.09 Å². The Balaban J connectivity index is 0.00000109. The predicted octanol–water partition coefficient (Wildman–Crippen LogP) is 5.51. The number of carbonyl (C=O) groups excluding carboxylic acids is 1. The highest BCUT2D eigenvalue weighted by Crippen LogP contribution is 2.33. The number of amides is 1. The first-order valence-corrected chi connectivity index (χ1v) is 11.9. The van der Waals surface area contributed by atoms with Gasteiger partial charge in [0.1, 0.15) is 5.60 Å². The van der Waals surface area contributed by atoms with E-state index in [0.717, 1.165) is 17.6 Å². The summed E-state index contributed by atoms with van der Waals surface area (Å²) in [7, 11) is 1.62. The van der Waals surface area contributed by atoms with Crippen LogP contribution in [0.25, 0.3) is 11.0 Å². The topological polar surface area (TPSA) is 47.4 Å². The van der Waals surface area contributed by atoms with E-state index in [1.807, 2.05) is 40.8 Å². The average molecular weight is 475 g/mol. The third-order valence-electron chi connectivity index (χ3n) is 3.89. The minimum atomic E-state index is -0.467. The lowest BCUT2D eigenvalue weighted by Gasteiger charge is -2.31. The molecule has 0 spiro atoms. The van der Waals surface area contributed by atoms with Crippen LogP contribution in [0.2, 0.25) is 0 Å². The number of ether oxygens (including phenoxy) is 1. The van der Waals surface area contributed by atoms with Crippen molar-refractivity contribution in [3.8, 4) is 0 Å². The number of nitrogens with zero attached hydrogens (tertiary/aromatic N) is 3. The van der Waals surface area contributed by atoms with E-state index in [0.29, 0.717) is 13.1 Å². The first-order chi connectivity index (χ1) is 11.8. The van der Waals surface area contributed by atoms with E-state index in [4.69, 9.17) is 4.74 Å². The molecular formula is C18H26IN3O2S. The molecule has 0 atom stereocenters. The highest BCUT2D eigenvalue weighted by molar-refractivity contribution is 14.2. The van der Waals surface area contributed by atoms with Crippen molar-refractivity contribution in [3.63, 3.8) is 0 Å². The Labute approximate surface area is 166 Å². The Morgan fingerprint density at radius 1 is 1.36 bits per heavy atom. The van der Waals surface area contributed by atoms with Crippen LogP contribution in [-0.4, -0.2) is 32.1 Å². The first-order valence-electron chi connectivity index (χ1n) is 8.55. The fourth-order valence-corrected chi connectivity index (χ4v) is 4.25. The number of pyridine rings is 1. The second-order valence-electron chi connectivity index (χ2n) is 6.82. The maximum absolute atomic E-state index is 12.3. The van der Waals surface area contributed by atoms with Crippen LogP contribution in [0.1, 0.15) is 51.3 Å². The van der Waals surface area contributed by atoms with Gasteiger partial charge in [-0.1, -0.05) is 13.8 Å². The Morgan fingerprint density at radius 2 is 2.04 bits per heavy atom. The molecule has 0 fully saturated rings. The van der Waals surface area contributed by atoms with Crippen LogP contribution in [0.4, 0.5) is 4.79 Å². The Kier molecular flexibility index (Phi) is 6.64. The second-order valence-corrected chi connectivity index (χ2v) is 8.53. The van der Waals surface area contributed by atoms with Gasteiger partial charge in [0.15, 0.2) is 5.65 Å². The summed E-state index contributed by atoms with van der Waals surface area (Å²) in [6, 6.07) is 0. The normalized spacial score (nSPS) is 14.0. The van der Waals surface area contributed by atoms with Crippen LogP contribution in [0.3, 0.4) is 0 Å². The number of carbonyl (C=O) groups is 1. The van der Waals surface area contributed by atoms with Crippen molar-refractivity contribution >= 4 is 47.5 Å². The lowest BCUT2D eigenvalue weighted by atomic mass is 9.97. The molecule has 5 nitrogen and oxygen atoms in total. The molecule has 0 radical (unpaired) electrons.